The van der Waals surface area contributed by atoms with Crippen LogP contribution in [-0.4, -0.2) is 79.5 Å². The van der Waals surface area contributed by atoms with E-state index in [0.717, 1.165) is 11.3 Å². The van der Waals surface area contributed by atoms with Crippen molar-refractivity contribution < 1.29 is 18.3 Å². The summed E-state index contributed by atoms with van der Waals surface area (Å²) in [5.41, 5.74) is 0.186. The van der Waals surface area contributed by atoms with Crippen LogP contribution in [0.1, 0.15) is 33.3 Å². The molecule has 3 heterocycles. The van der Waals surface area contributed by atoms with Crippen LogP contribution in [0.2, 0.25) is 0 Å². The van der Waals surface area contributed by atoms with Crippen molar-refractivity contribution in [3.8, 4) is 0 Å². The fraction of sp³-hybridized carbons (Fsp3) is 0.542. The number of hydrogen-bond acceptors (Lipinski definition) is 7. The molecule has 1 aromatic carbocycles. The summed E-state index contributed by atoms with van der Waals surface area (Å²) in [5, 5.41) is 15.0. The smallest absolute Gasteiger partial charge is 0.252 e. The van der Waals surface area contributed by atoms with Gasteiger partial charge >= 0.3 is 0 Å². The Morgan fingerprint density at radius 2 is 1.85 bits per heavy atom. The van der Waals surface area contributed by atoms with Crippen molar-refractivity contribution in [2.24, 2.45) is 0 Å². The lowest BCUT2D eigenvalue weighted by Crippen LogP contribution is -2.66. The minimum atomic E-state index is -3.57. The zero-order valence-electron chi connectivity index (χ0n) is 20.2. The van der Waals surface area contributed by atoms with Gasteiger partial charge in [0.05, 0.1) is 17.2 Å². The van der Waals surface area contributed by atoms with Crippen molar-refractivity contribution in [1.29, 1.82) is 0 Å². The summed E-state index contributed by atoms with van der Waals surface area (Å²) < 4.78 is 28.5. The van der Waals surface area contributed by atoms with Crippen molar-refractivity contribution in [3.63, 3.8) is 0 Å². The first-order valence-corrected chi connectivity index (χ1v) is 13.9. The summed E-state index contributed by atoms with van der Waals surface area (Å²) in [6, 6.07) is 11.1. The van der Waals surface area contributed by atoms with E-state index in [0.29, 0.717) is 43.5 Å². The van der Waals surface area contributed by atoms with E-state index >= 15 is 0 Å². The number of amides is 1. The topological polar surface area (TPSA) is 93.2 Å². The summed E-state index contributed by atoms with van der Waals surface area (Å²) in [7, 11) is -3.57. The van der Waals surface area contributed by atoms with Crippen molar-refractivity contribution >= 4 is 33.0 Å². The highest BCUT2D eigenvalue weighted by Crippen LogP contribution is 2.30. The molecule has 10 heteroatoms. The van der Waals surface area contributed by atoms with Gasteiger partial charge in [-0.3, -0.25) is 9.69 Å². The molecule has 4 rings (SSSR count). The lowest BCUT2D eigenvalue weighted by molar-refractivity contribution is -0.135. The van der Waals surface area contributed by atoms with Crippen molar-refractivity contribution in [1.82, 2.24) is 14.5 Å². The van der Waals surface area contributed by atoms with E-state index in [2.05, 4.69) is 15.1 Å². The highest BCUT2D eigenvalue weighted by atomic mass is 32.2. The Balaban J connectivity index is 1.63. The number of hydrogen-bond donors (Lipinski definition) is 2. The molecule has 34 heavy (non-hydrogen) atoms. The first kappa shape index (κ1) is 25.1. The second kappa shape index (κ2) is 9.23. The van der Waals surface area contributed by atoms with Crippen molar-refractivity contribution in [3.05, 3.63) is 47.3 Å². The van der Waals surface area contributed by atoms with Gasteiger partial charge in [0.25, 0.3) is 10.0 Å². The van der Waals surface area contributed by atoms with Crippen LogP contribution in [0.15, 0.2) is 46.0 Å². The molecule has 0 aliphatic carbocycles. The normalized spacial score (nSPS) is 22.6. The number of sulfonamides is 1. The van der Waals surface area contributed by atoms with Gasteiger partial charge in [-0.15, -0.1) is 11.3 Å². The van der Waals surface area contributed by atoms with Gasteiger partial charge in [-0.25, -0.2) is 8.42 Å². The molecular formula is C24H34N4O4S2. The summed E-state index contributed by atoms with van der Waals surface area (Å²) in [4.78, 5) is 16.9. The molecule has 0 saturated carbocycles. The summed E-state index contributed by atoms with van der Waals surface area (Å²) in [6.07, 6.45) is 0. The van der Waals surface area contributed by atoms with E-state index in [9.17, 15) is 18.3 Å². The Labute approximate surface area is 206 Å². The molecule has 2 N–H and O–H groups in total. The first-order valence-electron chi connectivity index (χ1n) is 11.6. The molecule has 8 nitrogen and oxygen atoms in total. The predicted octanol–water partition coefficient (Wildman–Crippen LogP) is 2.07. The fourth-order valence-corrected chi connectivity index (χ4v) is 7.27. The zero-order valence-corrected chi connectivity index (χ0v) is 21.8. The third-order valence-electron chi connectivity index (χ3n) is 6.88. The van der Waals surface area contributed by atoms with Crippen LogP contribution in [-0.2, 0) is 20.4 Å². The summed E-state index contributed by atoms with van der Waals surface area (Å²) in [6.45, 7) is 10.4. The second-order valence-electron chi connectivity index (χ2n) is 10.0. The van der Waals surface area contributed by atoms with Crippen LogP contribution in [0.25, 0.3) is 0 Å². The number of thiophene rings is 1. The molecule has 2 aromatic rings. The number of nitrogens with one attached hydrogen (secondary N) is 1. The number of nitrogens with zero attached hydrogens (tertiary/aromatic N) is 3. The average Bonchev–Trinajstić information content (AvgIpc) is 3.33. The molecule has 2 fully saturated rings. The maximum absolute atomic E-state index is 13.3. The SMILES string of the molecule is CC(C)(O)c1ccc(N2CCN(S(=O)(=O)c3cccs3)C[C@@H]2CN2CCNC(=O)C2(C)C)cc1. The third kappa shape index (κ3) is 4.87. The van der Waals surface area contributed by atoms with E-state index in [1.807, 2.05) is 38.1 Å². The number of piperazine rings is 2. The van der Waals surface area contributed by atoms with Crippen molar-refractivity contribution in [2.75, 3.05) is 44.2 Å². The number of aliphatic hydroxyl groups is 1. The summed E-state index contributed by atoms with van der Waals surface area (Å²) >= 11 is 1.23. The largest absolute Gasteiger partial charge is 0.386 e. The molecule has 1 atom stereocenters. The van der Waals surface area contributed by atoms with Crippen LogP contribution in [0.3, 0.4) is 0 Å². The average molecular weight is 507 g/mol. The number of carbonyl (C=O) groups is 1. The number of benzene rings is 1. The van der Waals surface area contributed by atoms with Crippen LogP contribution >= 0.6 is 11.3 Å². The lowest BCUT2D eigenvalue weighted by Gasteiger charge is -2.48. The minimum Gasteiger partial charge on any atom is -0.386 e. The molecular weight excluding hydrogens is 472 g/mol. The molecule has 0 radical (unpaired) electrons. The van der Waals surface area contributed by atoms with E-state index < -0.39 is 21.2 Å². The molecule has 186 valence electrons. The Hall–Kier alpha value is -1.98. The Bertz CT molecular complexity index is 1110. The maximum Gasteiger partial charge on any atom is 0.252 e. The van der Waals surface area contributed by atoms with Crippen LogP contribution in [0.5, 0.6) is 0 Å². The van der Waals surface area contributed by atoms with Gasteiger partial charge in [-0.2, -0.15) is 4.31 Å². The minimum absolute atomic E-state index is 0.0151. The van der Waals surface area contributed by atoms with Gasteiger partial charge < -0.3 is 15.3 Å². The van der Waals surface area contributed by atoms with Crippen LogP contribution < -0.4 is 10.2 Å². The van der Waals surface area contributed by atoms with Gasteiger partial charge in [0.15, 0.2) is 0 Å². The highest BCUT2D eigenvalue weighted by molar-refractivity contribution is 7.91. The second-order valence-corrected chi connectivity index (χ2v) is 13.1. The summed E-state index contributed by atoms with van der Waals surface area (Å²) in [5.74, 6) is -0.0151. The van der Waals surface area contributed by atoms with Gasteiger partial charge in [0.2, 0.25) is 5.91 Å². The highest BCUT2D eigenvalue weighted by Gasteiger charge is 2.42. The Morgan fingerprint density at radius 1 is 1.15 bits per heavy atom. The van der Waals surface area contributed by atoms with Crippen LogP contribution in [0.4, 0.5) is 5.69 Å². The fourth-order valence-electron chi connectivity index (χ4n) is 4.66. The van der Waals surface area contributed by atoms with Gasteiger partial charge in [-0.1, -0.05) is 18.2 Å². The monoisotopic (exact) mass is 506 g/mol. The Morgan fingerprint density at radius 3 is 2.47 bits per heavy atom. The van der Waals surface area contributed by atoms with E-state index in [4.69, 9.17) is 0 Å². The zero-order chi connectivity index (χ0) is 24.7. The standard InChI is InChI=1S/C24H34N4O4S2/c1-23(2)22(29)25-11-12-26(23)16-20-17-27(34(31,32)21-6-5-15-33-21)13-14-28(20)19-9-7-18(8-10-19)24(3,4)30/h5-10,15,20,30H,11-14,16-17H2,1-4H3,(H,25,29)/t20-/m0/s1. The van der Waals surface area contributed by atoms with Gasteiger partial charge in [-0.05, 0) is 56.8 Å². The molecule has 0 spiro atoms. The molecule has 1 amide bonds. The Kier molecular flexibility index (Phi) is 6.82. The molecule has 2 aliphatic rings. The molecule has 0 unspecified atom stereocenters. The number of rotatable bonds is 6. The number of carbonyl (C=O) groups excluding carboxylic acids is 1. The molecule has 1 aromatic heterocycles. The first-order chi connectivity index (χ1) is 15.9. The molecule has 0 bridgehead atoms. The molecule has 2 saturated heterocycles. The van der Waals surface area contributed by atoms with E-state index in [-0.39, 0.29) is 11.9 Å². The van der Waals surface area contributed by atoms with Crippen LogP contribution in [0, 0.1) is 0 Å². The van der Waals surface area contributed by atoms with Crippen molar-refractivity contribution in [2.45, 2.75) is 49.1 Å². The van der Waals surface area contributed by atoms with Gasteiger partial charge in [0.1, 0.15) is 4.21 Å². The van der Waals surface area contributed by atoms with Gasteiger partial charge in [0, 0.05) is 45.0 Å². The van der Waals surface area contributed by atoms with E-state index in [1.165, 1.54) is 11.3 Å². The lowest BCUT2D eigenvalue weighted by atomic mass is 9.96. The predicted molar refractivity (Wildman–Crippen MR) is 135 cm³/mol. The number of anilines is 1. The third-order valence-corrected chi connectivity index (χ3v) is 10.1. The van der Waals surface area contributed by atoms with E-state index in [1.54, 1.807) is 35.7 Å². The molecule has 2 aliphatic heterocycles. The maximum atomic E-state index is 13.3. The quantitative estimate of drug-likeness (QED) is 0.623.